The number of anilines is 2. The van der Waals surface area contributed by atoms with Crippen molar-refractivity contribution in [1.82, 2.24) is 0 Å². The van der Waals surface area contributed by atoms with E-state index in [2.05, 4.69) is 22.8 Å². The second-order valence-corrected chi connectivity index (χ2v) is 6.48. The van der Waals surface area contributed by atoms with Crippen LogP contribution < -0.4 is 15.4 Å². The average Bonchev–Trinajstić information content (AvgIpc) is 2.70. The van der Waals surface area contributed by atoms with Gasteiger partial charge in [0.25, 0.3) is 0 Å². The standard InChI is InChI=1S/C21H26N2O3/c1-25-20-8-2-16(3-9-20)10-13-22-18-4-6-19(7-5-18)23-21(24)17-11-14-26-15-12-17/h2-9,17,22H,10-15H2,1H3,(H,23,24). The minimum atomic E-state index is 0.0612. The van der Waals surface area contributed by atoms with Crippen LogP contribution >= 0.6 is 0 Å². The van der Waals surface area contributed by atoms with Crippen LogP contribution in [0.15, 0.2) is 48.5 Å². The van der Waals surface area contributed by atoms with E-state index >= 15 is 0 Å². The Labute approximate surface area is 154 Å². The molecule has 1 amide bonds. The van der Waals surface area contributed by atoms with Crippen LogP contribution in [0.2, 0.25) is 0 Å². The van der Waals surface area contributed by atoms with E-state index in [1.807, 2.05) is 36.4 Å². The van der Waals surface area contributed by atoms with Gasteiger partial charge < -0.3 is 20.1 Å². The summed E-state index contributed by atoms with van der Waals surface area (Å²) in [7, 11) is 1.67. The van der Waals surface area contributed by atoms with Crippen molar-refractivity contribution < 1.29 is 14.3 Å². The minimum absolute atomic E-state index is 0.0612. The zero-order chi connectivity index (χ0) is 18.2. The fourth-order valence-electron chi connectivity index (χ4n) is 3.02. The molecule has 1 aliphatic rings. The molecule has 26 heavy (non-hydrogen) atoms. The molecule has 5 heteroatoms. The van der Waals surface area contributed by atoms with Crippen molar-refractivity contribution in [1.29, 1.82) is 0 Å². The number of rotatable bonds is 7. The van der Waals surface area contributed by atoms with Crippen molar-refractivity contribution >= 4 is 17.3 Å². The number of benzene rings is 2. The molecule has 1 saturated heterocycles. The third-order valence-corrected chi connectivity index (χ3v) is 4.65. The van der Waals surface area contributed by atoms with Gasteiger partial charge in [0, 0.05) is 37.1 Å². The lowest BCUT2D eigenvalue weighted by Crippen LogP contribution is -2.28. The maximum Gasteiger partial charge on any atom is 0.227 e. The summed E-state index contributed by atoms with van der Waals surface area (Å²) >= 11 is 0. The highest BCUT2D eigenvalue weighted by atomic mass is 16.5. The quantitative estimate of drug-likeness (QED) is 0.796. The third kappa shape index (κ3) is 5.23. The molecule has 3 rings (SSSR count). The molecule has 0 saturated carbocycles. The van der Waals surface area contributed by atoms with Crippen LogP contribution in [0.1, 0.15) is 18.4 Å². The fraction of sp³-hybridized carbons (Fsp3) is 0.381. The molecule has 0 aromatic heterocycles. The van der Waals surface area contributed by atoms with Gasteiger partial charge in [0.15, 0.2) is 0 Å². The van der Waals surface area contributed by atoms with Crippen LogP contribution in [0, 0.1) is 5.92 Å². The van der Waals surface area contributed by atoms with E-state index in [0.717, 1.165) is 42.9 Å². The normalized spacial score (nSPS) is 14.7. The van der Waals surface area contributed by atoms with E-state index in [1.54, 1.807) is 7.11 Å². The van der Waals surface area contributed by atoms with E-state index in [-0.39, 0.29) is 11.8 Å². The van der Waals surface area contributed by atoms with Gasteiger partial charge in [0.05, 0.1) is 7.11 Å². The first kappa shape index (κ1) is 18.3. The molecule has 1 heterocycles. The van der Waals surface area contributed by atoms with Gasteiger partial charge in [-0.2, -0.15) is 0 Å². The molecule has 138 valence electrons. The molecule has 1 fully saturated rings. The van der Waals surface area contributed by atoms with Crippen LogP contribution in [-0.4, -0.2) is 32.8 Å². The van der Waals surface area contributed by atoms with Gasteiger partial charge in [-0.05, 0) is 61.2 Å². The number of carbonyl (C=O) groups is 1. The lowest BCUT2D eigenvalue weighted by molar-refractivity contribution is -0.122. The first-order valence-corrected chi connectivity index (χ1v) is 9.10. The number of hydrogen-bond donors (Lipinski definition) is 2. The van der Waals surface area contributed by atoms with Crippen LogP contribution in [-0.2, 0) is 16.0 Å². The molecule has 0 aliphatic carbocycles. The summed E-state index contributed by atoms with van der Waals surface area (Å²) < 4.78 is 10.5. The van der Waals surface area contributed by atoms with Crippen molar-refractivity contribution in [3.8, 4) is 5.75 Å². The monoisotopic (exact) mass is 354 g/mol. The topological polar surface area (TPSA) is 59.6 Å². The van der Waals surface area contributed by atoms with Crippen molar-refractivity contribution in [2.75, 3.05) is 37.5 Å². The third-order valence-electron chi connectivity index (χ3n) is 4.65. The van der Waals surface area contributed by atoms with Gasteiger partial charge in [-0.25, -0.2) is 0 Å². The van der Waals surface area contributed by atoms with Crippen LogP contribution in [0.25, 0.3) is 0 Å². The van der Waals surface area contributed by atoms with Gasteiger partial charge in [-0.3, -0.25) is 4.79 Å². The Morgan fingerprint density at radius 1 is 1.04 bits per heavy atom. The Morgan fingerprint density at radius 2 is 1.69 bits per heavy atom. The fourth-order valence-corrected chi connectivity index (χ4v) is 3.02. The highest BCUT2D eigenvalue weighted by Crippen LogP contribution is 2.19. The number of hydrogen-bond acceptors (Lipinski definition) is 4. The second-order valence-electron chi connectivity index (χ2n) is 6.48. The zero-order valence-corrected chi connectivity index (χ0v) is 15.2. The number of nitrogens with one attached hydrogen (secondary N) is 2. The van der Waals surface area contributed by atoms with Crippen molar-refractivity contribution in [3.63, 3.8) is 0 Å². The van der Waals surface area contributed by atoms with Gasteiger partial charge in [-0.15, -0.1) is 0 Å². The molecular weight excluding hydrogens is 328 g/mol. The Hall–Kier alpha value is -2.53. The number of amides is 1. The predicted octanol–water partition coefficient (Wildman–Crippen LogP) is 3.71. The summed E-state index contributed by atoms with van der Waals surface area (Å²) in [5.74, 6) is 1.03. The summed E-state index contributed by atoms with van der Waals surface area (Å²) in [5, 5.41) is 6.40. The number of methoxy groups -OCH3 is 1. The number of ether oxygens (including phenoxy) is 2. The predicted molar refractivity (Wildman–Crippen MR) is 104 cm³/mol. The smallest absolute Gasteiger partial charge is 0.227 e. The van der Waals surface area contributed by atoms with Gasteiger partial charge in [0.2, 0.25) is 5.91 Å². The largest absolute Gasteiger partial charge is 0.497 e. The van der Waals surface area contributed by atoms with Crippen molar-refractivity contribution in [2.24, 2.45) is 5.92 Å². The first-order valence-electron chi connectivity index (χ1n) is 9.10. The lowest BCUT2D eigenvalue weighted by Gasteiger charge is -2.21. The van der Waals surface area contributed by atoms with Gasteiger partial charge >= 0.3 is 0 Å². The maximum absolute atomic E-state index is 12.2. The Bertz CT molecular complexity index is 692. The number of carbonyl (C=O) groups excluding carboxylic acids is 1. The van der Waals surface area contributed by atoms with Crippen LogP contribution in [0.4, 0.5) is 11.4 Å². The molecule has 5 nitrogen and oxygen atoms in total. The summed E-state index contributed by atoms with van der Waals surface area (Å²) in [6.45, 7) is 2.20. The zero-order valence-electron chi connectivity index (χ0n) is 15.2. The summed E-state index contributed by atoms with van der Waals surface area (Å²) in [5.41, 5.74) is 3.14. The molecule has 0 spiro atoms. The molecule has 0 atom stereocenters. The van der Waals surface area contributed by atoms with Crippen LogP contribution in [0.3, 0.4) is 0 Å². The van der Waals surface area contributed by atoms with E-state index in [4.69, 9.17) is 9.47 Å². The Morgan fingerprint density at radius 3 is 2.35 bits per heavy atom. The molecule has 1 aliphatic heterocycles. The van der Waals surface area contributed by atoms with E-state index < -0.39 is 0 Å². The molecule has 0 radical (unpaired) electrons. The van der Waals surface area contributed by atoms with E-state index in [1.165, 1.54) is 5.56 Å². The van der Waals surface area contributed by atoms with E-state index in [9.17, 15) is 4.79 Å². The van der Waals surface area contributed by atoms with Crippen molar-refractivity contribution in [3.05, 3.63) is 54.1 Å². The Balaban J connectivity index is 1.44. The molecule has 2 N–H and O–H groups in total. The highest BCUT2D eigenvalue weighted by molar-refractivity contribution is 5.92. The van der Waals surface area contributed by atoms with Crippen LogP contribution in [0.5, 0.6) is 5.75 Å². The van der Waals surface area contributed by atoms with Crippen molar-refractivity contribution in [2.45, 2.75) is 19.3 Å². The maximum atomic E-state index is 12.2. The molecule has 2 aromatic rings. The summed E-state index contributed by atoms with van der Waals surface area (Å²) in [6.07, 6.45) is 2.54. The minimum Gasteiger partial charge on any atom is -0.497 e. The first-order chi connectivity index (χ1) is 12.7. The SMILES string of the molecule is COc1ccc(CCNc2ccc(NC(=O)C3CCOCC3)cc2)cc1. The summed E-state index contributed by atoms with van der Waals surface area (Å²) in [4.78, 5) is 12.2. The molecule has 2 aromatic carbocycles. The molecule has 0 bridgehead atoms. The van der Waals surface area contributed by atoms with E-state index in [0.29, 0.717) is 13.2 Å². The average molecular weight is 354 g/mol. The molecule has 0 unspecified atom stereocenters. The Kier molecular flexibility index (Phi) is 6.50. The summed E-state index contributed by atoms with van der Waals surface area (Å²) in [6, 6.07) is 16.0. The van der Waals surface area contributed by atoms with Gasteiger partial charge in [-0.1, -0.05) is 12.1 Å². The van der Waals surface area contributed by atoms with Gasteiger partial charge in [0.1, 0.15) is 5.75 Å². The highest BCUT2D eigenvalue weighted by Gasteiger charge is 2.21. The second kappa shape index (κ2) is 9.25. The lowest BCUT2D eigenvalue weighted by atomic mass is 9.99. The molecular formula is C21H26N2O3.